The van der Waals surface area contributed by atoms with Crippen molar-refractivity contribution in [2.45, 2.75) is 50.5 Å². The van der Waals surface area contributed by atoms with Crippen molar-refractivity contribution in [3.05, 3.63) is 15.8 Å². The van der Waals surface area contributed by atoms with E-state index in [1.807, 2.05) is 6.92 Å². The first-order chi connectivity index (χ1) is 9.19. The molecular weight excluding hydrogens is 298 g/mol. The maximum absolute atomic E-state index is 12.8. The number of aliphatic carboxylic acids is 1. The lowest BCUT2D eigenvalue weighted by Gasteiger charge is -2.40. The second-order valence-corrected chi connectivity index (χ2v) is 8.68. The van der Waals surface area contributed by atoms with Crippen LogP contribution in [0.15, 0.2) is 11.0 Å². The topological polar surface area (TPSA) is 74.7 Å². The van der Waals surface area contributed by atoms with Crippen molar-refractivity contribution >= 4 is 27.3 Å². The molecule has 0 bridgehead atoms. The van der Waals surface area contributed by atoms with Gasteiger partial charge in [0, 0.05) is 16.3 Å². The average Bonchev–Trinajstić information content (AvgIpc) is 2.69. The van der Waals surface area contributed by atoms with Crippen LogP contribution in [-0.4, -0.2) is 35.9 Å². The minimum absolute atomic E-state index is 0.245. The summed E-state index contributed by atoms with van der Waals surface area (Å²) in [4.78, 5) is 13.4. The third kappa shape index (κ3) is 2.38. The number of sulfonamides is 1. The monoisotopic (exact) mass is 317 g/mol. The Kier molecular flexibility index (Phi) is 3.96. The van der Waals surface area contributed by atoms with Crippen molar-refractivity contribution < 1.29 is 18.3 Å². The van der Waals surface area contributed by atoms with Crippen LogP contribution in [0.25, 0.3) is 0 Å². The minimum Gasteiger partial charge on any atom is -0.480 e. The first kappa shape index (κ1) is 15.5. The quantitative estimate of drug-likeness (QED) is 0.929. The van der Waals surface area contributed by atoms with Crippen LogP contribution in [0.4, 0.5) is 0 Å². The Morgan fingerprint density at radius 3 is 2.55 bits per heavy atom. The summed E-state index contributed by atoms with van der Waals surface area (Å²) in [6.07, 6.45) is 1.78. The standard InChI is InChI=1S/C13H19NO4S2/c1-9-8-11(10(2)19-9)20(17,18)14-7-5-4-6-13(14,3)12(15)16/h8H,4-7H2,1-3H3,(H,15,16). The Morgan fingerprint density at radius 1 is 1.40 bits per heavy atom. The van der Waals surface area contributed by atoms with Crippen molar-refractivity contribution in [1.29, 1.82) is 0 Å². The highest BCUT2D eigenvalue weighted by molar-refractivity contribution is 7.89. The molecule has 0 radical (unpaired) electrons. The lowest BCUT2D eigenvalue weighted by atomic mass is 9.91. The van der Waals surface area contributed by atoms with Crippen LogP contribution >= 0.6 is 11.3 Å². The average molecular weight is 317 g/mol. The third-order valence-corrected chi connectivity index (χ3v) is 7.09. The van der Waals surface area contributed by atoms with E-state index in [4.69, 9.17) is 0 Å². The zero-order valence-electron chi connectivity index (χ0n) is 11.8. The molecule has 2 heterocycles. The second kappa shape index (κ2) is 5.13. The van der Waals surface area contributed by atoms with Crippen LogP contribution in [0, 0.1) is 13.8 Å². The SMILES string of the molecule is Cc1cc(S(=O)(=O)N2CCCCC2(C)C(=O)O)c(C)s1. The highest BCUT2D eigenvalue weighted by Crippen LogP contribution is 2.36. The summed E-state index contributed by atoms with van der Waals surface area (Å²) in [6.45, 7) is 5.37. The summed E-state index contributed by atoms with van der Waals surface area (Å²) in [5, 5.41) is 9.45. The molecule has 1 aliphatic heterocycles. The first-order valence-electron chi connectivity index (χ1n) is 6.53. The van der Waals surface area contributed by atoms with Crippen molar-refractivity contribution in [1.82, 2.24) is 4.31 Å². The molecular formula is C13H19NO4S2. The number of thiophene rings is 1. The molecule has 20 heavy (non-hydrogen) atoms. The van der Waals surface area contributed by atoms with E-state index in [9.17, 15) is 18.3 Å². The number of hydrogen-bond donors (Lipinski definition) is 1. The van der Waals surface area contributed by atoms with Gasteiger partial charge in [0.15, 0.2) is 0 Å². The normalized spacial score (nSPS) is 24.8. The molecule has 0 amide bonds. The molecule has 1 fully saturated rings. The number of carboxylic acids is 1. The number of carboxylic acid groups (broad SMARTS) is 1. The maximum atomic E-state index is 12.8. The molecule has 1 saturated heterocycles. The van der Waals surface area contributed by atoms with E-state index in [0.29, 0.717) is 17.7 Å². The molecule has 0 aliphatic carbocycles. The molecule has 2 rings (SSSR count). The Hall–Kier alpha value is -0.920. The second-order valence-electron chi connectivity index (χ2n) is 5.39. The smallest absolute Gasteiger partial charge is 0.324 e. The van der Waals surface area contributed by atoms with Gasteiger partial charge in [-0.25, -0.2) is 8.42 Å². The van der Waals surface area contributed by atoms with E-state index < -0.39 is 21.5 Å². The van der Waals surface area contributed by atoms with Gasteiger partial charge in [0.25, 0.3) is 0 Å². The van der Waals surface area contributed by atoms with Crippen LogP contribution in [-0.2, 0) is 14.8 Å². The van der Waals surface area contributed by atoms with Gasteiger partial charge >= 0.3 is 5.97 Å². The van der Waals surface area contributed by atoms with Crippen LogP contribution in [0.5, 0.6) is 0 Å². The first-order valence-corrected chi connectivity index (χ1v) is 8.78. The fraction of sp³-hybridized carbons (Fsp3) is 0.615. The number of carbonyl (C=O) groups is 1. The molecule has 5 nitrogen and oxygen atoms in total. The summed E-state index contributed by atoms with van der Waals surface area (Å²) in [6, 6.07) is 1.63. The summed E-state index contributed by atoms with van der Waals surface area (Å²) >= 11 is 1.42. The Morgan fingerprint density at radius 2 is 2.05 bits per heavy atom. The van der Waals surface area contributed by atoms with E-state index in [1.54, 1.807) is 13.0 Å². The van der Waals surface area contributed by atoms with E-state index in [-0.39, 0.29) is 11.4 Å². The van der Waals surface area contributed by atoms with Gasteiger partial charge in [-0.15, -0.1) is 11.3 Å². The zero-order chi connectivity index (χ0) is 15.1. The molecule has 1 aliphatic rings. The molecule has 112 valence electrons. The molecule has 1 N–H and O–H groups in total. The molecule has 0 spiro atoms. The molecule has 1 aromatic rings. The van der Waals surface area contributed by atoms with Gasteiger partial charge in [-0.3, -0.25) is 4.79 Å². The van der Waals surface area contributed by atoms with Gasteiger partial charge in [0.05, 0.1) is 4.90 Å². The fourth-order valence-electron chi connectivity index (χ4n) is 2.68. The summed E-state index contributed by atoms with van der Waals surface area (Å²) in [5.74, 6) is -1.08. The molecule has 0 aromatic carbocycles. The largest absolute Gasteiger partial charge is 0.480 e. The lowest BCUT2D eigenvalue weighted by Crippen LogP contribution is -2.57. The third-order valence-electron chi connectivity index (χ3n) is 3.85. The Labute approximate surface area is 123 Å². The number of nitrogens with zero attached hydrogens (tertiary/aromatic N) is 1. The van der Waals surface area contributed by atoms with E-state index in [1.165, 1.54) is 22.6 Å². The number of rotatable bonds is 3. The van der Waals surface area contributed by atoms with E-state index in [2.05, 4.69) is 0 Å². The molecule has 1 aromatic heterocycles. The van der Waals surface area contributed by atoms with Gasteiger partial charge in [0.1, 0.15) is 5.54 Å². The number of aryl methyl sites for hydroxylation is 2. The zero-order valence-corrected chi connectivity index (χ0v) is 13.5. The predicted molar refractivity (Wildman–Crippen MR) is 77.6 cm³/mol. The van der Waals surface area contributed by atoms with Crippen molar-refractivity contribution in [3.63, 3.8) is 0 Å². The highest BCUT2D eigenvalue weighted by Gasteiger charge is 2.48. The summed E-state index contributed by atoms with van der Waals surface area (Å²) in [5.41, 5.74) is -1.35. The maximum Gasteiger partial charge on any atom is 0.324 e. The van der Waals surface area contributed by atoms with Crippen molar-refractivity contribution in [2.75, 3.05) is 6.54 Å². The molecule has 0 saturated carbocycles. The van der Waals surface area contributed by atoms with Crippen LogP contribution in [0.2, 0.25) is 0 Å². The minimum atomic E-state index is -3.76. The van der Waals surface area contributed by atoms with Crippen LogP contribution < -0.4 is 0 Å². The lowest BCUT2D eigenvalue weighted by molar-refractivity contribution is -0.149. The Balaban J connectivity index is 2.52. The fourth-order valence-corrected chi connectivity index (χ4v) is 6.01. The number of hydrogen-bond acceptors (Lipinski definition) is 4. The van der Waals surface area contributed by atoms with Gasteiger partial charge in [-0.1, -0.05) is 0 Å². The van der Waals surface area contributed by atoms with Crippen molar-refractivity contribution in [3.8, 4) is 0 Å². The molecule has 1 atom stereocenters. The molecule has 7 heteroatoms. The van der Waals surface area contributed by atoms with E-state index >= 15 is 0 Å². The van der Waals surface area contributed by atoms with Crippen LogP contribution in [0.3, 0.4) is 0 Å². The van der Waals surface area contributed by atoms with Gasteiger partial charge in [0.2, 0.25) is 10.0 Å². The van der Waals surface area contributed by atoms with Gasteiger partial charge in [-0.2, -0.15) is 4.31 Å². The van der Waals surface area contributed by atoms with E-state index in [0.717, 1.165) is 11.3 Å². The van der Waals surface area contributed by atoms with Gasteiger partial charge in [-0.05, 0) is 46.1 Å². The molecule has 1 unspecified atom stereocenters. The summed E-state index contributed by atoms with van der Waals surface area (Å²) in [7, 11) is -3.76. The van der Waals surface area contributed by atoms with Gasteiger partial charge < -0.3 is 5.11 Å². The predicted octanol–water partition coefficient (Wildman–Crippen LogP) is 2.38. The summed E-state index contributed by atoms with van der Waals surface area (Å²) < 4.78 is 26.8. The van der Waals surface area contributed by atoms with Crippen molar-refractivity contribution in [2.24, 2.45) is 0 Å². The Bertz CT molecular complexity index is 635. The van der Waals surface area contributed by atoms with Crippen LogP contribution in [0.1, 0.15) is 35.9 Å². The highest BCUT2D eigenvalue weighted by atomic mass is 32.2. The number of piperidine rings is 1.